The van der Waals surface area contributed by atoms with Crippen LogP contribution in [0.4, 0.5) is 5.69 Å². The molecule has 2 aliphatic rings. The van der Waals surface area contributed by atoms with Gasteiger partial charge in [0.1, 0.15) is 11.5 Å². The Balaban J connectivity index is 1.40. The lowest BCUT2D eigenvalue weighted by Crippen LogP contribution is -2.38. The molecule has 2 aromatic carbocycles. The zero-order valence-corrected chi connectivity index (χ0v) is 18.6. The van der Waals surface area contributed by atoms with E-state index in [1.807, 2.05) is 18.2 Å². The molecule has 2 aliphatic heterocycles. The predicted molar refractivity (Wildman–Crippen MR) is 123 cm³/mol. The summed E-state index contributed by atoms with van der Waals surface area (Å²) >= 11 is 0. The zero-order valence-electron chi connectivity index (χ0n) is 18.6. The topological polar surface area (TPSA) is 54.0 Å². The molecule has 6 nitrogen and oxygen atoms in total. The largest absolute Gasteiger partial charge is 0.497 e. The number of rotatable bonds is 8. The molecular weight excluding hydrogens is 390 g/mol. The van der Waals surface area contributed by atoms with E-state index in [1.54, 1.807) is 13.2 Å². The van der Waals surface area contributed by atoms with Crippen molar-refractivity contribution in [3.05, 3.63) is 53.6 Å². The molecule has 0 radical (unpaired) electrons. The molecule has 2 heterocycles. The summed E-state index contributed by atoms with van der Waals surface area (Å²) in [6.07, 6.45) is 4.76. The number of hydrogen-bond donors (Lipinski definition) is 1. The van der Waals surface area contributed by atoms with E-state index in [0.717, 1.165) is 26.1 Å². The fourth-order valence-corrected chi connectivity index (χ4v) is 4.62. The number of carbonyl (C=O) groups is 1. The highest BCUT2D eigenvalue weighted by molar-refractivity contribution is 5.77. The summed E-state index contributed by atoms with van der Waals surface area (Å²) in [4.78, 5) is 17.3. The van der Waals surface area contributed by atoms with Crippen molar-refractivity contribution in [3.8, 4) is 11.5 Å². The number of amides is 1. The van der Waals surface area contributed by atoms with Gasteiger partial charge in [0, 0.05) is 31.9 Å². The maximum atomic E-state index is 12.5. The van der Waals surface area contributed by atoms with Crippen molar-refractivity contribution in [2.45, 2.75) is 31.7 Å². The van der Waals surface area contributed by atoms with Gasteiger partial charge in [0.25, 0.3) is 5.91 Å². The Bertz CT molecular complexity index is 895. The van der Waals surface area contributed by atoms with Gasteiger partial charge in [-0.15, -0.1) is 0 Å². The van der Waals surface area contributed by atoms with Crippen LogP contribution in [-0.2, 0) is 11.2 Å². The van der Waals surface area contributed by atoms with Crippen molar-refractivity contribution < 1.29 is 14.3 Å². The van der Waals surface area contributed by atoms with E-state index in [4.69, 9.17) is 9.47 Å². The second-order valence-corrected chi connectivity index (χ2v) is 8.44. The molecular formula is C25H33N3O3. The molecule has 0 saturated carbocycles. The molecule has 1 amide bonds. The maximum absolute atomic E-state index is 12.5. The number of nitrogens with one attached hydrogen (secondary N) is 1. The number of benzene rings is 2. The molecule has 0 spiro atoms. The van der Waals surface area contributed by atoms with Crippen LogP contribution in [0.25, 0.3) is 0 Å². The van der Waals surface area contributed by atoms with Crippen LogP contribution in [0, 0.1) is 0 Å². The molecule has 1 N–H and O–H groups in total. The number of fused-ring (bicyclic) bond motifs is 1. The second-order valence-electron chi connectivity index (χ2n) is 8.44. The van der Waals surface area contributed by atoms with Crippen molar-refractivity contribution in [3.63, 3.8) is 0 Å². The Hall–Kier alpha value is -2.73. The third kappa shape index (κ3) is 5.31. The summed E-state index contributed by atoms with van der Waals surface area (Å²) < 4.78 is 10.9. The number of nitrogens with zero attached hydrogens (tertiary/aromatic N) is 2. The molecule has 1 fully saturated rings. The highest BCUT2D eigenvalue weighted by Gasteiger charge is 2.25. The van der Waals surface area contributed by atoms with E-state index in [1.165, 1.54) is 36.1 Å². The summed E-state index contributed by atoms with van der Waals surface area (Å²) in [5, 5.41) is 3.10. The third-order valence-corrected chi connectivity index (χ3v) is 6.32. The monoisotopic (exact) mass is 423 g/mol. The highest BCUT2D eigenvalue weighted by Crippen LogP contribution is 2.31. The van der Waals surface area contributed by atoms with E-state index >= 15 is 0 Å². The Labute approximate surface area is 185 Å². The van der Waals surface area contributed by atoms with E-state index < -0.39 is 0 Å². The first-order chi connectivity index (χ1) is 15.1. The van der Waals surface area contributed by atoms with Gasteiger partial charge in [-0.2, -0.15) is 0 Å². The molecule has 4 rings (SSSR count). The molecule has 0 bridgehead atoms. The minimum absolute atomic E-state index is 0.00509. The minimum Gasteiger partial charge on any atom is -0.497 e. The summed E-state index contributed by atoms with van der Waals surface area (Å²) in [5.74, 6) is 1.24. The quantitative estimate of drug-likeness (QED) is 0.705. The lowest BCUT2D eigenvalue weighted by atomic mass is 9.96. The predicted octanol–water partition coefficient (Wildman–Crippen LogP) is 3.41. The van der Waals surface area contributed by atoms with E-state index in [2.05, 4.69) is 40.4 Å². The molecule has 6 heteroatoms. The van der Waals surface area contributed by atoms with Crippen LogP contribution in [0.3, 0.4) is 0 Å². The number of methoxy groups -OCH3 is 1. The number of anilines is 1. The normalized spacial score (nSPS) is 17.2. The summed E-state index contributed by atoms with van der Waals surface area (Å²) in [6.45, 7) is 3.87. The number of ether oxygens (including phenoxy) is 2. The van der Waals surface area contributed by atoms with Crippen LogP contribution in [0.5, 0.6) is 11.5 Å². The van der Waals surface area contributed by atoms with E-state index in [9.17, 15) is 4.79 Å². The van der Waals surface area contributed by atoms with Crippen LogP contribution >= 0.6 is 0 Å². The zero-order chi connectivity index (χ0) is 21.6. The van der Waals surface area contributed by atoms with Crippen LogP contribution < -0.4 is 19.7 Å². The Morgan fingerprint density at radius 1 is 1.06 bits per heavy atom. The van der Waals surface area contributed by atoms with Gasteiger partial charge >= 0.3 is 0 Å². The van der Waals surface area contributed by atoms with Gasteiger partial charge in [-0.1, -0.05) is 18.2 Å². The molecule has 1 atom stereocenters. The lowest BCUT2D eigenvalue weighted by Gasteiger charge is -2.32. The SMILES string of the molecule is COc1cccc(OCC(=O)NC[C@@H](c2ccc3c(c2)CCCN3C)N2CCCC2)c1. The second kappa shape index (κ2) is 10.1. The summed E-state index contributed by atoms with van der Waals surface area (Å²) in [5.41, 5.74) is 4.05. The Morgan fingerprint density at radius 2 is 1.87 bits per heavy atom. The molecule has 1 saturated heterocycles. The number of hydrogen-bond acceptors (Lipinski definition) is 5. The van der Waals surface area contributed by atoms with Crippen molar-refractivity contribution in [2.75, 3.05) is 51.8 Å². The van der Waals surface area contributed by atoms with Crippen LogP contribution in [0.2, 0.25) is 0 Å². The van der Waals surface area contributed by atoms with Gasteiger partial charge in [0.2, 0.25) is 0 Å². The van der Waals surface area contributed by atoms with Crippen LogP contribution in [0.15, 0.2) is 42.5 Å². The Kier molecular flexibility index (Phi) is 6.97. The molecule has 0 unspecified atom stereocenters. The van der Waals surface area contributed by atoms with Crippen LogP contribution in [-0.4, -0.2) is 57.8 Å². The van der Waals surface area contributed by atoms with Gasteiger partial charge < -0.3 is 19.7 Å². The van der Waals surface area contributed by atoms with Crippen molar-refractivity contribution in [1.82, 2.24) is 10.2 Å². The van der Waals surface area contributed by atoms with E-state index in [-0.39, 0.29) is 18.6 Å². The number of carbonyl (C=O) groups excluding carboxylic acids is 1. The lowest BCUT2D eigenvalue weighted by molar-refractivity contribution is -0.123. The average Bonchev–Trinajstić information content (AvgIpc) is 3.33. The number of likely N-dealkylation sites (tertiary alicyclic amines) is 1. The third-order valence-electron chi connectivity index (χ3n) is 6.32. The van der Waals surface area contributed by atoms with Crippen LogP contribution in [0.1, 0.15) is 36.4 Å². The maximum Gasteiger partial charge on any atom is 0.258 e. The van der Waals surface area contributed by atoms with Gasteiger partial charge in [-0.25, -0.2) is 0 Å². The van der Waals surface area contributed by atoms with Crippen molar-refractivity contribution in [1.29, 1.82) is 0 Å². The number of aryl methyl sites for hydroxylation is 1. The first kappa shape index (κ1) is 21.5. The van der Waals surface area contributed by atoms with Gasteiger partial charge in [0.05, 0.1) is 13.2 Å². The molecule has 0 aromatic heterocycles. The molecule has 2 aromatic rings. The highest BCUT2D eigenvalue weighted by atomic mass is 16.5. The fraction of sp³-hybridized carbons (Fsp3) is 0.480. The molecule has 31 heavy (non-hydrogen) atoms. The fourth-order valence-electron chi connectivity index (χ4n) is 4.62. The Morgan fingerprint density at radius 3 is 2.68 bits per heavy atom. The van der Waals surface area contributed by atoms with E-state index in [0.29, 0.717) is 18.0 Å². The molecule has 166 valence electrons. The van der Waals surface area contributed by atoms with Crippen molar-refractivity contribution >= 4 is 11.6 Å². The van der Waals surface area contributed by atoms with Gasteiger partial charge in [-0.3, -0.25) is 9.69 Å². The van der Waals surface area contributed by atoms with Crippen molar-refractivity contribution in [2.24, 2.45) is 0 Å². The first-order valence-electron chi connectivity index (χ1n) is 11.3. The van der Waals surface area contributed by atoms with Gasteiger partial charge in [0.15, 0.2) is 6.61 Å². The summed E-state index contributed by atoms with van der Waals surface area (Å²) in [7, 11) is 3.78. The molecule has 0 aliphatic carbocycles. The van der Waals surface area contributed by atoms with Gasteiger partial charge in [-0.05, 0) is 68.1 Å². The summed E-state index contributed by atoms with van der Waals surface area (Å²) in [6, 6.07) is 14.3. The standard InChI is InChI=1S/C25H33N3O3/c1-27-12-6-7-19-15-20(10-11-23(19)27)24(28-13-3-4-14-28)17-26-25(29)18-31-22-9-5-8-21(16-22)30-2/h5,8-11,15-16,24H,3-4,6-7,12-14,17-18H2,1-2H3,(H,26,29)/t24-/m0/s1. The average molecular weight is 424 g/mol. The smallest absolute Gasteiger partial charge is 0.258 e. The first-order valence-corrected chi connectivity index (χ1v) is 11.3. The minimum atomic E-state index is -0.107.